The number of piperidine rings is 1. The normalized spacial score (nSPS) is 14.4. The van der Waals surface area contributed by atoms with Gasteiger partial charge in [0, 0.05) is 43.7 Å². The Morgan fingerprint density at radius 3 is 2.12 bits per heavy atom. The molecule has 1 saturated heterocycles. The molecule has 2 aliphatic rings. The topological polar surface area (TPSA) is 196 Å². The zero-order valence-corrected chi connectivity index (χ0v) is 33.9. The van der Waals surface area contributed by atoms with E-state index in [1.54, 1.807) is 22.5 Å². The first-order valence-electron chi connectivity index (χ1n) is 20.4. The van der Waals surface area contributed by atoms with Crippen LogP contribution in [0.3, 0.4) is 0 Å². The number of amides is 3. The van der Waals surface area contributed by atoms with Gasteiger partial charge in [0.1, 0.15) is 24.1 Å². The van der Waals surface area contributed by atoms with Gasteiger partial charge in [-0.1, -0.05) is 74.5 Å². The summed E-state index contributed by atoms with van der Waals surface area (Å²) < 4.78 is 7.14. The molecule has 1 aliphatic carbocycles. The molecule has 5 N–H and O–H groups in total. The number of carbonyl (C=O) groups is 4. The predicted molar refractivity (Wildman–Crippen MR) is 224 cm³/mol. The molecule has 0 saturated carbocycles. The minimum atomic E-state index is -1.28. The monoisotopic (exact) mass is 814 g/mol. The molecular weight excluding hydrogens is 765 g/mol. The number of alkyl carbamates (subject to hydrolysis) is 1. The Hall–Kier alpha value is -6.70. The summed E-state index contributed by atoms with van der Waals surface area (Å²) in [5.41, 5.74) is 6.91. The number of phenolic OH excluding ortho intramolecular Hbond substituents is 2. The van der Waals surface area contributed by atoms with Gasteiger partial charge in [-0.05, 0) is 96.0 Å². The molecule has 4 aromatic carbocycles. The number of carbonyl (C=O) groups excluding carboxylic acids is 3. The summed E-state index contributed by atoms with van der Waals surface area (Å²) in [5.74, 6) is -1.63. The third-order valence-electron chi connectivity index (χ3n) is 11.5. The lowest BCUT2D eigenvalue weighted by atomic mass is 9.90. The first-order valence-corrected chi connectivity index (χ1v) is 20.4. The lowest BCUT2D eigenvalue weighted by Crippen LogP contribution is -2.43. The van der Waals surface area contributed by atoms with Crippen molar-refractivity contribution in [3.05, 3.63) is 113 Å². The Bertz CT molecular complexity index is 2340. The van der Waals surface area contributed by atoms with Crippen LogP contribution in [0.4, 0.5) is 4.79 Å². The fourth-order valence-electron chi connectivity index (χ4n) is 8.29. The van der Waals surface area contributed by atoms with Crippen LogP contribution >= 0.6 is 0 Å². The summed E-state index contributed by atoms with van der Waals surface area (Å²) in [6.07, 6.45) is 1.36. The van der Waals surface area contributed by atoms with Gasteiger partial charge in [0.15, 0.2) is 5.82 Å². The van der Waals surface area contributed by atoms with Crippen LogP contribution in [-0.4, -0.2) is 91.1 Å². The SMILES string of the molecule is CCNC(=O)c1nnc(-c2cc(C(C)C)c(O)cc2O)n1-c1ccc(CC2CCN(C(=O)CCC(NC(=O)OCC3c4ccccc4-c4ccccc43)C(=O)O)CC2)cc1. The van der Waals surface area contributed by atoms with Gasteiger partial charge >= 0.3 is 12.1 Å². The molecule has 1 atom stereocenters. The Labute approximate surface area is 348 Å². The van der Waals surface area contributed by atoms with Crippen LogP contribution in [0.1, 0.15) is 91.2 Å². The number of aromatic nitrogens is 3. The van der Waals surface area contributed by atoms with Crippen molar-refractivity contribution < 1.29 is 39.2 Å². The highest BCUT2D eigenvalue weighted by Crippen LogP contribution is 2.44. The lowest BCUT2D eigenvalue weighted by Gasteiger charge is -2.32. The van der Waals surface area contributed by atoms with Gasteiger partial charge in [0.2, 0.25) is 11.7 Å². The summed E-state index contributed by atoms with van der Waals surface area (Å²) in [7, 11) is 0. The molecule has 60 heavy (non-hydrogen) atoms. The van der Waals surface area contributed by atoms with E-state index in [0.717, 1.165) is 47.1 Å². The maximum atomic E-state index is 13.2. The van der Waals surface area contributed by atoms with Gasteiger partial charge in [0.25, 0.3) is 5.91 Å². The fourth-order valence-corrected chi connectivity index (χ4v) is 8.29. The van der Waals surface area contributed by atoms with Gasteiger partial charge in [-0.25, -0.2) is 9.59 Å². The van der Waals surface area contributed by atoms with Crippen LogP contribution in [0, 0.1) is 5.92 Å². The van der Waals surface area contributed by atoms with Crippen LogP contribution in [-0.2, 0) is 20.7 Å². The molecule has 5 aromatic rings. The molecule has 14 nitrogen and oxygen atoms in total. The van der Waals surface area contributed by atoms with Crippen LogP contribution in [0.5, 0.6) is 11.5 Å². The molecule has 312 valence electrons. The van der Waals surface area contributed by atoms with E-state index in [1.165, 1.54) is 6.07 Å². The third kappa shape index (κ3) is 8.82. The maximum absolute atomic E-state index is 13.2. The summed E-state index contributed by atoms with van der Waals surface area (Å²) in [6, 6.07) is 25.3. The number of carboxylic acid groups (broad SMARTS) is 1. The van der Waals surface area contributed by atoms with Crippen molar-refractivity contribution >= 4 is 23.9 Å². The number of likely N-dealkylation sites (tertiary alicyclic amines) is 1. The molecular formula is C46H50N6O8. The lowest BCUT2D eigenvalue weighted by molar-refractivity contribution is -0.140. The van der Waals surface area contributed by atoms with E-state index in [4.69, 9.17) is 4.74 Å². The van der Waals surface area contributed by atoms with Crippen molar-refractivity contribution in [3.8, 4) is 39.7 Å². The summed E-state index contributed by atoms with van der Waals surface area (Å²) in [6.45, 7) is 7.17. The van der Waals surface area contributed by atoms with Gasteiger partial charge < -0.3 is 35.6 Å². The molecule has 1 aromatic heterocycles. The van der Waals surface area contributed by atoms with Crippen molar-refractivity contribution in [3.63, 3.8) is 0 Å². The first-order chi connectivity index (χ1) is 28.9. The number of benzene rings is 4. The molecule has 7 rings (SSSR count). The molecule has 0 bridgehead atoms. The Balaban J connectivity index is 0.922. The quantitative estimate of drug-likeness (QED) is 0.0798. The summed E-state index contributed by atoms with van der Waals surface area (Å²) in [4.78, 5) is 52.9. The number of fused-ring (bicyclic) bond motifs is 3. The number of phenols is 2. The summed E-state index contributed by atoms with van der Waals surface area (Å²) >= 11 is 0. The first kappa shape index (κ1) is 41.5. The largest absolute Gasteiger partial charge is 0.508 e. The second-order valence-corrected chi connectivity index (χ2v) is 15.7. The van der Waals surface area contributed by atoms with E-state index in [9.17, 15) is 34.5 Å². The minimum absolute atomic E-state index is 0.0309. The third-order valence-corrected chi connectivity index (χ3v) is 11.5. The number of ether oxygens (including phenoxy) is 1. The average molecular weight is 815 g/mol. The Kier molecular flexibility index (Phi) is 12.5. The zero-order chi connectivity index (χ0) is 42.5. The van der Waals surface area contributed by atoms with Crippen LogP contribution in [0.15, 0.2) is 84.9 Å². The molecule has 0 radical (unpaired) electrons. The van der Waals surface area contributed by atoms with Crippen LogP contribution < -0.4 is 10.6 Å². The second kappa shape index (κ2) is 18.1. The van der Waals surface area contributed by atoms with Gasteiger partial charge in [-0.3, -0.25) is 14.2 Å². The molecule has 1 aliphatic heterocycles. The molecule has 1 unspecified atom stereocenters. The smallest absolute Gasteiger partial charge is 0.407 e. The number of carboxylic acids is 1. The number of hydrogen-bond donors (Lipinski definition) is 5. The number of hydrogen-bond acceptors (Lipinski definition) is 9. The molecule has 2 heterocycles. The van der Waals surface area contributed by atoms with Crippen LogP contribution in [0.2, 0.25) is 0 Å². The van der Waals surface area contributed by atoms with E-state index in [1.807, 2.05) is 86.6 Å². The average Bonchev–Trinajstić information content (AvgIpc) is 3.82. The van der Waals surface area contributed by atoms with Gasteiger partial charge in [0.05, 0.1) is 5.56 Å². The van der Waals surface area contributed by atoms with E-state index in [0.29, 0.717) is 42.4 Å². The highest BCUT2D eigenvalue weighted by atomic mass is 16.5. The van der Waals surface area contributed by atoms with Gasteiger partial charge in [-0.15, -0.1) is 10.2 Å². The molecule has 0 spiro atoms. The molecule has 3 amide bonds. The van der Waals surface area contributed by atoms with E-state index >= 15 is 0 Å². The van der Waals surface area contributed by atoms with Crippen molar-refractivity contribution in [2.45, 2.75) is 70.8 Å². The number of aromatic hydroxyl groups is 2. The Morgan fingerprint density at radius 1 is 0.850 bits per heavy atom. The second-order valence-electron chi connectivity index (χ2n) is 15.7. The predicted octanol–water partition coefficient (Wildman–Crippen LogP) is 6.77. The number of rotatable bonds is 14. The molecule has 14 heteroatoms. The minimum Gasteiger partial charge on any atom is -0.508 e. The van der Waals surface area contributed by atoms with Crippen LogP contribution in [0.25, 0.3) is 28.2 Å². The number of nitrogens with zero attached hydrogens (tertiary/aromatic N) is 4. The molecule has 1 fully saturated rings. The van der Waals surface area contributed by atoms with E-state index in [-0.39, 0.29) is 60.3 Å². The highest BCUT2D eigenvalue weighted by molar-refractivity contribution is 5.92. The highest BCUT2D eigenvalue weighted by Gasteiger charge is 2.31. The number of nitrogens with one attached hydrogen (secondary N) is 2. The zero-order valence-electron chi connectivity index (χ0n) is 33.9. The van der Waals surface area contributed by atoms with Crippen molar-refractivity contribution in [1.29, 1.82) is 0 Å². The number of aliphatic carboxylic acids is 1. The van der Waals surface area contributed by atoms with E-state index in [2.05, 4.69) is 20.8 Å². The summed E-state index contributed by atoms with van der Waals surface area (Å²) in [5, 5.41) is 44.8. The standard InChI is InChI=1S/C46H50N6O8/c1-4-47-44(56)43-50-49-42(36-24-35(27(2)3)39(53)25-40(36)54)52(43)30-15-13-28(14-16-30)23-29-19-21-51(22-20-29)41(55)18-17-38(45(57)58)48-46(59)60-26-37-33-11-7-5-9-31(33)32-10-6-8-12-34(32)37/h5-16,24-25,27,29,37-38,53-54H,4,17-23,26H2,1-3H3,(H,47,56)(H,48,59)(H,57,58). The fraction of sp³-hybridized carbons (Fsp3) is 0.348. The van der Waals surface area contributed by atoms with E-state index < -0.39 is 24.0 Å². The van der Waals surface area contributed by atoms with Gasteiger partial charge in [-0.2, -0.15) is 0 Å². The van der Waals surface area contributed by atoms with Crippen molar-refractivity contribution in [2.75, 3.05) is 26.2 Å². The van der Waals surface area contributed by atoms with Crippen molar-refractivity contribution in [1.82, 2.24) is 30.3 Å². The van der Waals surface area contributed by atoms with Crippen molar-refractivity contribution in [2.24, 2.45) is 5.92 Å². The maximum Gasteiger partial charge on any atom is 0.407 e. The Morgan fingerprint density at radius 2 is 1.50 bits per heavy atom.